The maximum atomic E-state index is 12.8. The van der Waals surface area contributed by atoms with E-state index in [0.717, 1.165) is 18.4 Å². The molecule has 3 aromatic rings. The molecule has 0 radical (unpaired) electrons. The molecule has 0 bridgehead atoms. The van der Waals surface area contributed by atoms with Crippen LogP contribution in [0.3, 0.4) is 0 Å². The topological polar surface area (TPSA) is 75.3 Å². The van der Waals surface area contributed by atoms with Crippen LogP contribution >= 0.6 is 11.3 Å². The lowest BCUT2D eigenvalue weighted by atomic mass is 10.1. The Kier molecular flexibility index (Phi) is 4.72. The first-order valence-corrected chi connectivity index (χ1v) is 10.9. The van der Waals surface area contributed by atoms with Crippen LogP contribution in [-0.4, -0.2) is 14.3 Å². The van der Waals surface area contributed by atoms with Gasteiger partial charge >= 0.3 is 0 Å². The van der Waals surface area contributed by atoms with Crippen LogP contribution in [0.25, 0.3) is 0 Å². The summed E-state index contributed by atoms with van der Waals surface area (Å²) < 4.78 is 27.6. The minimum Gasteiger partial charge on any atom is -0.344 e. The monoisotopic (exact) mass is 398 g/mol. The third-order valence-electron chi connectivity index (χ3n) is 4.61. The lowest BCUT2D eigenvalue weighted by Crippen LogP contribution is -2.27. The van der Waals surface area contributed by atoms with Gasteiger partial charge in [0.15, 0.2) is 0 Å². The molecule has 1 heterocycles. The molecule has 0 fully saturated rings. The fraction of sp³-hybridized carbons (Fsp3) is 0.150. The highest BCUT2D eigenvalue weighted by Crippen LogP contribution is 2.32. The van der Waals surface area contributed by atoms with Gasteiger partial charge in [-0.3, -0.25) is 9.52 Å². The second-order valence-electron chi connectivity index (χ2n) is 6.35. The van der Waals surface area contributed by atoms with Crippen molar-refractivity contribution >= 4 is 33.0 Å². The molecule has 27 heavy (non-hydrogen) atoms. The summed E-state index contributed by atoms with van der Waals surface area (Å²) in [5, 5.41) is 4.75. The van der Waals surface area contributed by atoms with Crippen LogP contribution in [0.4, 0.5) is 5.69 Å². The molecule has 0 aliphatic heterocycles. The molecule has 1 aromatic heterocycles. The Morgan fingerprint density at radius 1 is 1.00 bits per heavy atom. The number of sulfonamides is 1. The fourth-order valence-electron chi connectivity index (χ4n) is 3.30. The standard InChI is InChI=1S/C20H18N2O3S2/c23-20(21-17-11-10-14-6-4-5-9-16(14)17)19-18(12-13-26-19)22-27(24,25)15-7-2-1-3-8-15/h1-9,12-13,17,22H,10-11H2,(H,21,23). The maximum absolute atomic E-state index is 12.8. The third-order valence-corrected chi connectivity index (χ3v) is 6.90. The zero-order valence-corrected chi connectivity index (χ0v) is 16.0. The second kappa shape index (κ2) is 7.17. The number of nitrogens with one attached hydrogen (secondary N) is 2. The van der Waals surface area contributed by atoms with E-state index in [2.05, 4.69) is 16.1 Å². The Bertz CT molecular complexity index is 1080. The predicted molar refractivity (Wildman–Crippen MR) is 107 cm³/mol. The highest BCUT2D eigenvalue weighted by Gasteiger charge is 2.26. The van der Waals surface area contributed by atoms with Gasteiger partial charge in [0.25, 0.3) is 15.9 Å². The molecule has 7 heteroatoms. The Labute approximate surface area is 162 Å². The summed E-state index contributed by atoms with van der Waals surface area (Å²) in [7, 11) is -3.74. The molecule has 1 atom stereocenters. The lowest BCUT2D eigenvalue weighted by molar-refractivity contribution is 0.0941. The number of benzene rings is 2. The van der Waals surface area contributed by atoms with Crippen LogP contribution in [0.1, 0.15) is 33.3 Å². The van der Waals surface area contributed by atoms with E-state index in [-0.39, 0.29) is 16.8 Å². The van der Waals surface area contributed by atoms with Gasteiger partial charge < -0.3 is 5.32 Å². The Hall–Kier alpha value is -2.64. The van der Waals surface area contributed by atoms with E-state index in [0.29, 0.717) is 10.6 Å². The first kappa shape index (κ1) is 17.8. The van der Waals surface area contributed by atoms with Crippen molar-refractivity contribution < 1.29 is 13.2 Å². The van der Waals surface area contributed by atoms with Crippen LogP contribution in [0.15, 0.2) is 70.9 Å². The third kappa shape index (κ3) is 3.61. The molecule has 0 saturated heterocycles. The van der Waals surface area contributed by atoms with Crippen LogP contribution in [0, 0.1) is 0 Å². The maximum Gasteiger partial charge on any atom is 0.263 e. The summed E-state index contributed by atoms with van der Waals surface area (Å²) in [6, 6.07) is 17.7. The highest BCUT2D eigenvalue weighted by atomic mass is 32.2. The van der Waals surface area contributed by atoms with Crippen molar-refractivity contribution in [3.63, 3.8) is 0 Å². The van der Waals surface area contributed by atoms with Gasteiger partial charge in [-0.05, 0) is 47.5 Å². The Balaban J connectivity index is 1.53. The molecule has 0 saturated carbocycles. The van der Waals surface area contributed by atoms with E-state index in [4.69, 9.17) is 0 Å². The summed E-state index contributed by atoms with van der Waals surface area (Å²) in [5.41, 5.74) is 2.68. The SMILES string of the molecule is O=C(NC1CCc2ccccc21)c1sccc1NS(=O)(=O)c1ccccc1. The van der Waals surface area contributed by atoms with Gasteiger partial charge in [0.1, 0.15) is 4.88 Å². The molecule has 0 spiro atoms. The molecule has 1 aliphatic carbocycles. The largest absolute Gasteiger partial charge is 0.344 e. The van der Waals surface area contributed by atoms with Crippen molar-refractivity contribution in [1.82, 2.24) is 5.32 Å². The fourth-order valence-corrected chi connectivity index (χ4v) is 5.21. The van der Waals surface area contributed by atoms with Crippen LogP contribution < -0.4 is 10.0 Å². The highest BCUT2D eigenvalue weighted by molar-refractivity contribution is 7.92. The average molecular weight is 399 g/mol. The van der Waals surface area contributed by atoms with Crippen LogP contribution in [0.5, 0.6) is 0 Å². The van der Waals surface area contributed by atoms with Gasteiger partial charge in [-0.25, -0.2) is 8.42 Å². The van der Waals surface area contributed by atoms with E-state index in [1.54, 1.807) is 29.6 Å². The zero-order valence-electron chi connectivity index (χ0n) is 14.4. The van der Waals surface area contributed by atoms with Crippen molar-refractivity contribution in [3.8, 4) is 0 Å². The minimum absolute atomic E-state index is 0.0469. The van der Waals surface area contributed by atoms with Gasteiger partial charge in [0.2, 0.25) is 0 Å². The lowest BCUT2D eigenvalue weighted by Gasteiger charge is -2.15. The van der Waals surface area contributed by atoms with Gasteiger partial charge in [0.05, 0.1) is 16.6 Å². The molecular formula is C20H18N2O3S2. The smallest absolute Gasteiger partial charge is 0.263 e. The average Bonchev–Trinajstić information content (AvgIpc) is 3.29. The number of carbonyl (C=O) groups is 1. The molecule has 138 valence electrons. The van der Waals surface area contributed by atoms with Gasteiger partial charge in [0, 0.05) is 0 Å². The summed E-state index contributed by atoms with van der Waals surface area (Å²) >= 11 is 1.22. The molecule has 1 aliphatic rings. The van der Waals surface area contributed by atoms with E-state index >= 15 is 0 Å². The second-order valence-corrected chi connectivity index (χ2v) is 8.94. The number of amides is 1. The van der Waals surface area contributed by atoms with Gasteiger partial charge in [-0.2, -0.15) is 0 Å². The summed E-state index contributed by atoms with van der Waals surface area (Å²) in [6.45, 7) is 0. The number of rotatable bonds is 5. The number of hydrogen-bond acceptors (Lipinski definition) is 4. The molecule has 5 nitrogen and oxygen atoms in total. The van der Waals surface area contributed by atoms with Crippen LogP contribution in [0.2, 0.25) is 0 Å². The van der Waals surface area contributed by atoms with Crippen molar-refractivity contribution in [2.75, 3.05) is 4.72 Å². The van der Waals surface area contributed by atoms with Gasteiger partial charge in [-0.1, -0.05) is 42.5 Å². The number of thiophene rings is 1. The number of carbonyl (C=O) groups excluding carboxylic acids is 1. The Morgan fingerprint density at radius 3 is 2.56 bits per heavy atom. The van der Waals surface area contributed by atoms with Crippen LogP contribution in [-0.2, 0) is 16.4 Å². The number of anilines is 1. The predicted octanol–water partition coefficient (Wildman–Crippen LogP) is 3.97. The van der Waals surface area contributed by atoms with Gasteiger partial charge in [-0.15, -0.1) is 11.3 Å². The molecule has 1 unspecified atom stereocenters. The summed E-state index contributed by atoms with van der Waals surface area (Å²) in [4.78, 5) is 13.3. The molecule has 4 rings (SSSR count). The summed E-state index contributed by atoms with van der Waals surface area (Å²) in [5.74, 6) is -0.266. The van der Waals surface area contributed by atoms with Crippen molar-refractivity contribution in [1.29, 1.82) is 0 Å². The zero-order chi connectivity index (χ0) is 18.9. The first-order chi connectivity index (χ1) is 13.0. The van der Waals surface area contributed by atoms with Crippen molar-refractivity contribution in [2.45, 2.75) is 23.8 Å². The first-order valence-electron chi connectivity index (χ1n) is 8.58. The molecule has 1 amide bonds. The molecule has 2 N–H and O–H groups in total. The normalized spacial score (nSPS) is 15.9. The van der Waals surface area contributed by atoms with Crippen molar-refractivity contribution in [3.05, 3.63) is 82.0 Å². The molecular weight excluding hydrogens is 380 g/mol. The van der Waals surface area contributed by atoms with E-state index in [1.807, 2.05) is 18.2 Å². The minimum atomic E-state index is -3.74. The number of fused-ring (bicyclic) bond motifs is 1. The number of aryl methyl sites for hydroxylation is 1. The Morgan fingerprint density at radius 2 is 1.74 bits per heavy atom. The summed E-state index contributed by atoms with van der Waals surface area (Å²) in [6.07, 6.45) is 1.78. The quantitative estimate of drug-likeness (QED) is 0.683. The van der Waals surface area contributed by atoms with Crippen molar-refractivity contribution in [2.24, 2.45) is 0 Å². The number of hydrogen-bond donors (Lipinski definition) is 2. The molecule has 2 aromatic carbocycles. The van der Waals surface area contributed by atoms with E-state index in [1.165, 1.54) is 29.0 Å². The van der Waals surface area contributed by atoms with E-state index < -0.39 is 10.0 Å². The van der Waals surface area contributed by atoms with E-state index in [9.17, 15) is 13.2 Å².